The number of nitrogens with zero attached hydrogens (tertiary/aromatic N) is 1. The fourth-order valence-corrected chi connectivity index (χ4v) is 3.65. The Kier molecular flexibility index (Phi) is 3.67. The van der Waals surface area contributed by atoms with E-state index in [2.05, 4.69) is 23.6 Å². The molecule has 0 amide bonds. The molecule has 1 aliphatic rings. The molecule has 1 atom stereocenters. The molecule has 0 aliphatic heterocycles. The van der Waals surface area contributed by atoms with E-state index in [1.165, 1.54) is 42.4 Å². The summed E-state index contributed by atoms with van der Waals surface area (Å²) in [6.45, 7) is 2.03. The Balaban J connectivity index is 1.87. The second-order valence-electron chi connectivity index (χ2n) is 5.50. The second kappa shape index (κ2) is 5.43. The number of benzene rings is 1. The summed E-state index contributed by atoms with van der Waals surface area (Å²) in [6.07, 6.45) is 5.99. The van der Waals surface area contributed by atoms with Crippen molar-refractivity contribution in [1.29, 1.82) is 0 Å². The van der Waals surface area contributed by atoms with Crippen molar-refractivity contribution in [3.8, 4) is 11.3 Å². The Bertz CT molecular complexity index is 572. The number of hydrogen-bond donors (Lipinski definition) is 1. The third-order valence-corrected chi connectivity index (χ3v) is 4.56. The van der Waals surface area contributed by atoms with E-state index in [4.69, 9.17) is 10.7 Å². The Morgan fingerprint density at radius 3 is 2.84 bits per heavy atom. The van der Waals surface area contributed by atoms with Crippen LogP contribution in [0.2, 0.25) is 0 Å². The van der Waals surface area contributed by atoms with E-state index in [0.29, 0.717) is 0 Å². The molecule has 0 radical (unpaired) electrons. The van der Waals surface area contributed by atoms with E-state index < -0.39 is 0 Å². The first-order chi connectivity index (χ1) is 9.22. The van der Waals surface area contributed by atoms with Crippen LogP contribution in [0.4, 0.5) is 0 Å². The first-order valence-electron chi connectivity index (χ1n) is 7.04. The smallest absolute Gasteiger partial charge is 0.0947 e. The Labute approximate surface area is 118 Å². The summed E-state index contributed by atoms with van der Waals surface area (Å²) in [5, 5.41) is 3.30. The van der Waals surface area contributed by atoms with Gasteiger partial charge in [0.15, 0.2) is 0 Å². The van der Waals surface area contributed by atoms with E-state index in [1.807, 2.05) is 6.92 Å². The molecule has 1 aromatic carbocycles. The van der Waals surface area contributed by atoms with Crippen LogP contribution in [0, 0.1) is 0 Å². The molecule has 0 fully saturated rings. The first kappa shape index (κ1) is 12.8. The van der Waals surface area contributed by atoms with Crippen molar-refractivity contribution >= 4 is 11.3 Å². The lowest BCUT2D eigenvalue weighted by molar-refractivity contribution is 0.686. The van der Waals surface area contributed by atoms with Gasteiger partial charge in [-0.1, -0.05) is 12.1 Å². The second-order valence-corrected chi connectivity index (χ2v) is 6.44. The molecule has 1 unspecified atom stereocenters. The van der Waals surface area contributed by atoms with E-state index >= 15 is 0 Å². The van der Waals surface area contributed by atoms with Crippen LogP contribution in [0.1, 0.15) is 35.9 Å². The number of nitrogens with two attached hydrogens (primary N) is 1. The lowest BCUT2D eigenvalue weighted by Crippen LogP contribution is -2.17. The predicted molar refractivity (Wildman–Crippen MR) is 81.5 cm³/mol. The largest absolute Gasteiger partial charge is 0.328 e. The van der Waals surface area contributed by atoms with Crippen LogP contribution in [0.15, 0.2) is 23.6 Å². The third-order valence-electron chi connectivity index (χ3n) is 3.69. The molecule has 19 heavy (non-hydrogen) atoms. The predicted octanol–water partition coefficient (Wildman–Crippen LogP) is 3.58. The highest BCUT2D eigenvalue weighted by atomic mass is 32.1. The Morgan fingerprint density at radius 2 is 2.05 bits per heavy atom. The lowest BCUT2D eigenvalue weighted by atomic mass is 9.90. The van der Waals surface area contributed by atoms with Crippen LogP contribution in [0.3, 0.4) is 0 Å². The zero-order valence-electron chi connectivity index (χ0n) is 11.4. The molecule has 1 aromatic heterocycles. The van der Waals surface area contributed by atoms with Gasteiger partial charge in [-0.15, -0.1) is 11.3 Å². The highest BCUT2D eigenvalue weighted by Gasteiger charge is 2.12. The number of rotatable bonds is 3. The average molecular weight is 272 g/mol. The molecule has 2 nitrogen and oxygen atoms in total. The summed E-state index contributed by atoms with van der Waals surface area (Å²) in [4.78, 5) is 4.71. The van der Waals surface area contributed by atoms with Crippen LogP contribution < -0.4 is 5.73 Å². The maximum absolute atomic E-state index is 5.83. The first-order valence-corrected chi connectivity index (χ1v) is 7.92. The van der Waals surface area contributed by atoms with E-state index in [-0.39, 0.29) is 6.04 Å². The molecule has 3 rings (SSSR count). The summed E-state index contributed by atoms with van der Waals surface area (Å²) in [7, 11) is 0. The molecule has 2 N–H and O–H groups in total. The maximum Gasteiger partial charge on any atom is 0.0947 e. The van der Waals surface area contributed by atoms with Gasteiger partial charge in [0.05, 0.1) is 10.7 Å². The SMILES string of the molecule is CC(N)Cc1nc(-c2ccc3c(c2)CCCC3)cs1. The minimum Gasteiger partial charge on any atom is -0.328 e. The van der Waals surface area contributed by atoms with Crippen molar-refractivity contribution in [2.45, 2.75) is 45.1 Å². The van der Waals surface area contributed by atoms with Gasteiger partial charge in [0, 0.05) is 23.4 Å². The standard InChI is InChI=1S/C16H20N2S/c1-11(17)8-16-18-15(10-19-16)14-7-6-12-4-2-3-5-13(12)9-14/h6-7,9-11H,2-5,8,17H2,1H3. The fourth-order valence-electron chi connectivity index (χ4n) is 2.71. The molecule has 1 heterocycles. The van der Waals surface area contributed by atoms with Crippen LogP contribution in [-0.4, -0.2) is 11.0 Å². The van der Waals surface area contributed by atoms with Gasteiger partial charge in [-0.3, -0.25) is 0 Å². The van der Waals surface area contributed by atoms with Gasteiger partial charge in [-0.2, -0.15) is 0 Å². The molecule has 3 heteroatoms. The van der Waals surface area contributed by atoms with Crippen LogP contribution >= 0.6 is 11.3 Å². The van der Waals surface area contributed by atoms with Gasteiger partial charge in [0.25, 0.3) is 0 Å². The molecule has 2 aromatic rings. The normalized spacial score (nSPS) is 16.1. The van der Waals surface area contributed by atoms with Crippen LogP contribution in [0.5, 0.6) is 0 Å². The van der Waals surface area contributed by atoms with Crippen molar-refractivity contribution in [3.05, 3.63) is 39.7 Å². The Hall–Kier alpha value is -1.19. The maximum atomic E-state index is 5.83. The van der Waals surface area contributed by atoms with Gasteiger partial charge >= 0.3 is 0 Å². The number of hydrogen-bond acceptors (Lipinski definition) is 3. The van der Waals surface area contributed by atoms with Crippen molar-refractivity contribution in [3.63, 3.8) is 0 Å². The fraction of sp³-hybridized carbons (Fsp3) is 0.438. The number of thiazole rings is 1. The summed E-state index contributed by atoms with van der Waals surface area (Å²) in [5.74, 6) is 0. The molecule has 0 spiro atoms. The molecule has 0 bridgehead atoms. The minimum atomic E-state index is 0.183. The monoisotopic (exact) mass is 272 g/mol. The summed E-state index contributed by atoms with van der Waals surface area (Å²) in [5.41, 5.74) is 11.2. The zero-order chi connectivity index (χ0) is 13.2. The molecule has 100 valence electrons. The molecule has 0 saturated heterocycles. The van der Waals surface area contributed by atoms with Gasteiger partial charge in [-0.05, 0) is 49.8 Å². The van der Waals surface area contributed by atoms with Gasteiger partial charge in [-0.25, -0.2) is 4.98 Å². The number of aryl methyl sites for hydroxylation is 2. The highest BCUT2D eigenvalue weighted by Crippen LogP contribution is 2.28. The van der Waals surface area contributed by atoms with Crippen molar-refractivity contribution in [2.24, 2.45) is 5.73 Å². The van der Waals surface area contributed by atoms with Crippen molar-refractivity contribution in [2.75, 3.05) is 0 Å². The quantitative estimate of drug-likeness (QED) is 0.927. The summed E-state index contributed by atoms with van der Waals surface area (Å²) >= 11 is 1.72. The van der Waals surface area contributed by atoms with Crippen LogP contribution in [0.25, 0.3) is 11.3 Å². The number of aromatic nitrogens is 1. The van der Waals surface area contributed by atoms with Gasteiger partial charge in [0.1, 0.15) is 0 Å². The van der Waals surface area contributed by atoms with E-state index in [0.717, 1.165) is 17.1 Å². The summed E-state index contributed by atoms with van der Waals surface area (Å²) in [6, 6.07) is 7.02. The van der Waals surface area contributed by atoms with E-state index in [1.54, 1.807) is 11.3 Å². The summed E-state index contributed by atoms with van der Waals surface area (Å²) < 4.78 is 0. The average Bonchev–Trinajstić information content (AvgIpc) is 2.86. The topological polar surface area (TPSA) is 38.9 Å². The van der Waals surface area contributed by atoms with Gasteiger partial charge < -0.3 is 5.73 Å². The Morgan fingerprint density at radius 1 is 1.26 bits per heavy atom. The number of fused-ring (bicyclic) bond motifs is 1. The molecule has 0 saturated carbocycles. The molecular weight excluding hydrogens is 252 g/mol. The van der Waals surface area contributed by atoms with Crippen molar-refractivity contribution < 1.29 is 0 Å². The molecule has 1 aliphatic carbocycles. The zero-order valence-corrected chi connectivity index (χ0v) is 12.2. The minimum absolute atomic E-state index is 0.183. The van der Waals surface area contributed by atoms with Crippen molar-refractivity contribution in [1.82, 2.24) is 4.98 Å². The van der Waals surface area contributed by atoms with Gasteiger partial charge in [0.2, 0.25) is 0 Å². The highest BCUT2D eigenvalue weighted by molar-refractivity contribution is 7.09. The van der Waals surface area contributed by atoms with Crippen LogP contribution in [-0.2, 0) is 19.3 Å². The molecular formula is C16H20N2S. The third kappa shape index (κ3) is 2.88. The van der Waals surface area contributed by atoms with E-state index in [9.17, 15) is 0 Å². The lowest BCUT2D eigenvalue weighted by Gasteiger charge is -2.16.